The Morgan fingerprint density at radius 2 is 1.78 bits per heavy atom. The van der Waals surface area contributed by atoms with Crippen molar-refractivity contribution in [3.05, 3.63) is 58.9 Å². The third kappa shape index (κ3) is 4.22. The third-order valence-electron chi connectivity index (χ3n) is 3.38. The standard InChI is InChI=1S/C16H10ClF3N2O4S/c1-9-21-15(22-25-9)10-2-4-11(5-3-10)26-27(23,24)12-6-7-14(17)13(8-12)16(18,19)20/h2-8H,1H3. The van der Waals surface area contributed by atoms with E-state index in [2.05, 4.69) is 10.1 Å². The topological polar surface area (TPSA) is 82.3 Å². The van der Waals surface area contributed by atoms with Gasteiger partial charge >= 0.3 is 16.3 Å². The lowest BCUT2D eigenvalue weighted by molar-refractivity contribution is -0.137. The number of rotatable bonds is 4. The second-order valence-corrected chi connectivity index (χ2v) is 7.29. The number of nitrogens with zero attached hydrogens (tertiary/aromatic N) is 2. The summed E-state index contributed by atoms with van der Waals surface area (Å²) in [6.07, 6.45) is -4.80. The first-order chi connectivity index (χ1) is 12.6. The summed E-state index contributed by atoms with van der Waals surface area (Å²) < 4.78 is 73.0. The normalized spacial score (nSPS) is 12.2. The van der Waals surface area contributed by atoms with Crippen LogP contribution in [0.2, 0.25) is 5.02 Å². The maximum atomic E-state index is 12.9. The summed E-state index contributed by atoms with van der Waals surface area (Å²) in [5.74, 6) is 0.563. The summed E-state index contributed by atoms with van der Waals surface area (Å²) >= 11 is 5.49. The maximum Gasteiger partial charge on any atom is 0.417 e. The predicted octanol–water partition coefficient (Wildman–Crippen LogP) is 4.48. The summed E-state index contributed by atoms with van der Waals surface area (Å²) in [7, 11) is -4.49. The summed E-state index contributed by atoms with van der Waals surface area (Å²) in [6, 6.07) is 7.81. The van der Waals surface area contributed by atoms with Gasteiger partial charge in [-0.05, 0) is 42.5 Å². The average molecular weight is 419 g/mol. The summed E-state index contributed by atoms with van der Waals surface area (Å²) in [5.41, 5.74) is -0.723. The minimum absolute atomic E-state index is 0.0949. The van der Waals surface area contributed by atoms with Gasteiger partial charge in [0.25, 0.3) is 0 Å². The van der Waals surface area contributed by atoms with Gasteiger partial charge < -0.3 is 8.71 Å². The molecular weight excluding hydrogens is 409 g/mol. The fourth-order valence-corrected chi connectivity index (χ4v) is 3.31. The van der Waals surface area contributed by atoms with E-state index in [4.69, 9.17) is 20.3 Å². The Morgan fingerprint density at radius 1 is 1.11 bits per heavy atom. The molecule has 0 bridgehead atoms. The van der Waals surface area contributed by atoms with E-state index in [1.54, 1.807) is 6.92 Å². The van der Waals surface area contributed by atoms with Crippen LogP contribution in [0.5, 0.6) is 5.75 Å². The van der Waals surface area contributed by atoms with Crippen molar-refractivity contribution in [1.82, 2.24) is 10.1 Å². The number of alkyl halides is 3. The molecule has 3 aromatic rings. The van der Waals surface area contributed by atoms with Crippen LogP contribution in [0.25, 0.3) is 11.4 Å². The van der Waals surface area contributed by atoms with E-state index in [0.717, 1.165) is 12.1 Å². The van der Waals surface area contributed by atoms with Crippen LogP contribution in [-0.2, 0) is 16.3 Å². The van der Waals surface area contributed by atoms with Gasteiger partial charge in [-0.2, -0.15) is 26.6 Å². The molecule has 0 radical (unpaired) electrons. The van der Waals surface area contributed by atoms with Gasteiger partial charge in [0, 0.05) is 12.5 Å². The average Bonchev–Trinajstić information content (AvgIpc) is 3.01. The van der Waals surface area contributed by atoms with Crippen LogP contribution in [0.3, 0.4) is 0 Å². The second kappa shape index (κ2) is 6.86. The molecule has 27 heavy (non-hydrogen) atoms. The number of halogens is 4. The molecular formula is C16H10ClF3N2O4S. The molecule has 0 saturated heterocycles. The Kier molecular flexibility index (Phi) is 4.87. The van der Waals surface area contributed by atoms with Gasteiger partial charge in [0.15, 0.2) is 0 Å². The Balaban J connectivity index is 1.86. The van der Waals surface area contributed by atoms with Crippen LogP contribution in [0, 0.1) is 6.92 Å². The van der Waals surface area contributed by atoms with Crippen LogP contribution in [-0.4, -0.2) is 18.6 Å². The lowest BCUT2D eigenvalue weighted by Gasteiger charge is -2.12. The molecule has 0 aliphatic heterocycles. The van der Waals surface area contributed by atoms with E-state index in [1.165, 1.54) is 24.3 Å². The number of aromatic nitrogens is 2. The Labute approximate surface area is 156 Å². The first kappa shape index (κ1) is 19.2. The number of aryl methyl sites for hydroxylation is 1. The van der Waals surface area contributed by atoms with Crippen LogP contribution in [0.15, 0.2) is 51.9 Å². The van der Waals surface area contributed by atoms with E-state index in [-0.39, 0.29) is 5.75 Å². The third-order valence-corrected chi connectivity index (χ3v) is 4.95. The van der Waals surface area contributed by atoms with Gasteiger partial charge in [-0.3, -0.25) is 0 Å². The fraction of sp³-hybridized carbons (Fsp3) is 0.125. The first-order valence-electron chi connectivity index (χ1n) is 7.28. The summed E-state index contributed by atoms with van der Waals surface area (Å²) in [6.45, 7) is 1.61. The number of benzene rings is 2. The highest BCUT2D eigenvalue weighted by Gasteiger charge is 2.34. The molecule has 0 fully saturated rings. The molecule has 1 aromatic heterocycles. The van der Waals surface area contributed by atoms with Crippen molar-refractivity contribution in [2.24, 2.45) is 0 Å². The van der Waals surface area contributed by atoms with E-state index in [9.17, 15) is 21.6 Å². The van der Waals surface area contributed by atoms with E-state index in [1.807, 2.05) is 0 Å². The van der Waals surface area contributed by atoms with Crippen LogP contribution < -0.4 is 4.18 Å². The monoisotopic (exact) mass is 418 g/mol. The van der Waals surface area contributed by atoms with Gasteiger partial charge in [0.2, 0.25) is 11.7 Å². The van der Waals surface area contributed by atoms with Crippen LogP contribution in [0.4, 0.5) is 13.2 Å². The fourth-order valence-electron chi connectivity index (χ4n) is 2.13. The van der Waals surface area contributed by atoms with Crippen molar-refractivity contribution in [3.8, 4) is 17.1 Å². The quantitative estimate of drug-likeness (QED) is 0.581. The lowest BCUT2D eigenvalue weighted by atomic mass is 10.2. The van der Waals surface area contributed by atoms with Crippen molar-refractivity contribution in [1.29, 1.82) is 0 Å². The lowest BCUT2D eigenvalue weighted by Crippen LogP contribution is -2.12. The molecule has 3 rings (SSSR count). The highest BCUT2D eigenvalue weighted by molar-refractivity contribution is 7.87. The predicted molar refractivity (Wildman–Crippen MR) is 88.7 cm³/mol. The molecule has 0 spiro atoms. The SMILES string of the molecule is Cc1nc(-c2ccc(OS(=O)(=O)c3ccc(Cl)c(C(F)(F)F)c3)cc2)no1. The van der Waals surface area contributed by atoms with Crippen molar-refractivity contribution < 1.29 is 30.3 Å². The molecule has 1 heterocycles. The maximum absolute atomic E-state index is 12.9. The zero-order valence-electron chi connectivity index (χ0n) is 13.5. The Morgan fingerprint density at radius 3 is 2.33 bits per heavy atom. The highest BCUT2D eigenvalue weighted by atomic mass is 35.5. The van der Waals surface area contributed by atoms with Crippen LogP contribution >= 0.6 is 11.6 Å². The second-order valence-electron chi connectivity index (χ2n) is 5.34. The smallest absolute Gasteiger partial charge is 0.379 e. The molecule has 0 aliphatic carbocycles. The van der Waals surface area contributed by atoms with Crippen molar-refractivity contribution in [3.63, 3.8) is 0 Å². The zero-order chi connectivity index (χ0) is 19.8. The Hall–Kier alpha value is -2.59. The number of hydrogen-bond acceptors (Lipinski definition) is 6. The number of hydrogen-bond donors (Lipinski definition) is 0. The van der Waals surface area contributed by atoms with Gasteiger partial charge in [-0.1, -0.05) is 16.8 Å². The van der Waals surface area contributed by atoms with E-state index >= 15 is 0 Å². The Bertz CT molecular complexity index is 1080. The van der Waals surface area contributed by atoms with Crippen molar-refractivity contribution >= 4 is 21.7 Å². The van der Waals surface area contributed by atoms with Gasteiger partial charge in [-0.15, -0.1) is 0 Å². The minimum atomic E-state index is -4.80. The first-order valence-corrected chi connectivity index (χ1v) is 9.07. The minimum Gasteiger partial charge on any atom is -0.379 e. The summed E-state index contributed by atoms with van der Waals surface area (Å²) in [4.78, 5) is 3.35. The van der Waals surface area contributed by atoms with Crippen molar-refractivity contribution in [2.75, 3.05) is 0 Å². The molecule has 0 N–H and O–H groups in total. The molecule has 2 aromatic carbocycles. The molecule has 142 valence electrons. The van der Waals surface area contributed by atoms with Crippen molar-refractivity contribution in [2.45, 2.75) is 18.0 Å². The van der Waals surface area contributed by atoms with Gasteiger partial charge in [0.1, 0.15) is 10.6 Å². The molecule has 0 amide bonds. The molecule has 11 heteroatoms. The molecule has 0 atom stereocenters. The van der Waals surface area contributed by atoms with Gasteiger partial charge in [-0.25, -0.2) is 0 Å². The largest absolute Gasteiger partial charge is 0.417 e. The molecule has 0 aliphatic rings. The highest BCUT2D eigenvalue weighted by Crippen LogP contribution is 2.36. The molecule has 6 nitrogen and oxygen atoms in total. The molecule has 0 saturated carbocycles. The molecule has 0 unspecified atom stereocenters. The zero-order valence-corrected chi connectivity index (χ0v) is 15.1. The van der Waals surface area contributed by atoms with E-state index in [0.29, 0.717) is 23.3 Å². The van der Waals surface area contributed by atoms with Gasteiger partial charge in [0.05, 0.1) is 10.6 Å². The van der Waals surface area contributed by atoms with E-state index < -0.39 is 31.8 Å². The van der Waals surface area contributed by atoms with Crippen LogP contribution in [0.1, 0.15) is 11.5 Å². The summed E-state index contributed by atoms with van der Waals surface area (Å²) in [5, 5.41) is 3.10.